The Balaban J connectivity index is 2.77. The summed E-state index contributed by atoms with van der Waals surface area (Å²) < 4.78 is 0. The molecule has 1 aromatic heterocycles. The zero-order valence-corrected chi connectivity index (χ0v) is 10.9. The van der Waals surface area contributed by atoms with E-state index < -0.39 is 0 Å². The van der Waals surface area contributed by atoms with E-state index in [1.54, 1.807) is 6.07 Å². The molecule has 0 aliphatic carbocycles. The van der Waals surface area contributed by atoms with Crippen molar-refractivity contribution in [3.63, 3.8) is 0 Å². The molecule has 98 valence electrons. The smallest absolute Gasteiger partial charge is 0.149 e. The van der Waals surface area contributed by atoms with Crippen molar-refractivity contribution in [1.82, 2.24) is 4.98 Å². The maximum atomic E-state index is 9.47. The molecule has 0 spiro atoms. The molecule has 4 N–H and O–H groups in total. The van der Waals surface area contributed by atoms with Gasteiger partial charge in [0.2, 0.25) is 0 Å². The van der Waals surface area contributed by atoms with Crippen molar-refractivity contribution in [2.45, 2.75) is 26.7 Å². The van der Waals surface area contributed by atoms with Gasteiger partial charge in [-0.2, -0.15) is 5.26 Å². The van der Waals surface area contributed by atoms with Gasteiger partial charge < -0.3 is 16.2 Å². The molecular formula is C13H20N4O. The second kappa shape index (κ2) is 6.22. The van der Waals surface area contributed by atoms with Crippen LogP contribution in [0.5, 0.6) is 0 Å². The monoisotopic (exact) mass is 248 g/mol. The van der Waals surface area contributed by atoms with Crippen molar-refractivity contribution in [2.75, 3.05) is 24.2 Å². The Bertz CT molecular complexity index is 427. The number of aliphatic hydroxyl groups is 1. The van der Waals surface area contributed by atoms with Crippen LogP contribution in [-0.4, -0.2) is 23.2 Å². The van der Waals surface area contributed by atoms with Gasteiger partial charge in [0.15, 0.2) is 0 Å². The quantitative estimate of drug-likeness (QED) is 0.712. The predicted octanol–water partition coefficient (Wildman–Crippen LogP) is 1.75. The fraction of sp³-hybridized carbons (Fsp3) is 0.538. The summed E-state index contributed by atoms with van der Waals surface area (Å²) in [5, 5.41) is 21.4. The van der Waals surface area contributed by atoms with E-state index in [4.69, 9.17) is 11.0 Å². The van der Waals surface area contributed by atoms with Gasteiger partial charge in [0.05, 0.1) is 17.9 Å². The topological polar surface area (TPSA) is 95.0 Å². The van der Waals surface area contributed by atoms with Gasteiger partial charge in [0.1, 0.15) is 11.9 Å². The molecule has 0 atom stereocenters. The molecule has 0 fully saturated rings. The van der Waals surface area contributed by atoms with Crippen molar-refractivity contribution in [3.8, 4) is 6.07 Å². The summed E-state index contributed by atoms with van der Waals surface area (Å²) in [4.78, 5) is 4.11. The Morgan fingerprint density at radius 3 is 2.61 bits per heavy atom. The summed E-state index contributed by atoms with van der Waals surface area (Å²) in [6, 6.07) is 3.58. The van der Waals surface area contributed by atoms with Gasteiger partial charge in [-0.25, -0.2) is 4.98 Å². The molecule has 0 aliphatic rings. The van der Waals surface area contributed by atoms with Crippen LogP contribution in [0.1, 0.15) is 32.3 Å². The number of aliphatic hydroxyl groups excluding tert-OH is 1. The summed E-state index contributed by atoms with van der Waals surface area (Å²) in [7, 11) is 0. The van der Waals surface area contributed by atoms with E-state index in [2.05, 4.69) is 24.1 Å². The molecule has 1 rings (SSSR count). The third-order valence-electron chi connectivity index (χ3n) is 3.51. The molecule has 0 saturated carbocycles. The molecule has 0 amide bonds. The Labute approximate surface area is 108 Å². The van der Waals surface area contributed by atoms with E-state index in [9.17, 15) is 5.11 Å². The van der Waals surface area contributed by atoms with Crippen molar-refractivity contribution >= 4 is 11.5 Å². The van der Waals surface area contributed by atoms with Crippen LogP contribution in [-0.2, 0) is 0 Å². The highest BCUT2D eigenvalue weighted by molar-refractivity contribution is 5.63. The van der Waals surface area contributed by atoms with Gasteiger partial charge in [-0.15, -0.1) is 0 Å². The third-order valence-corrected chi connectivity index (χ3v) is 3.51. The van der Waals surface area contributed by atoms with E-state index in [-0.39, 0.29) is 12.0 Å². The average molecular weight is 248 g/mol. The summed E-state index contributed by atoms with van der Waals surface area (Å²) in [6.45, 7) is 4.84. The molecule has 18 heavy (non-hydrogen) atoms. The van der Waals surface area contributed by atoms with Crippen LogP contribution < -0.4 is 11.1 Å². The second-order valence-corrected chi connectivity index (χ2v) is 4.49. The summed E-state index contributed by atoms with van der Waals surface area (Å²) in [6.07, 6.45) is 3.24. The maximum absolute atomic E-state index is 9.47. The van der Waals surface area contributed by atoms with Gasteiger partial charge in [0.25, 0.3) is 0 Å². The Morgan fingerprint density at radius 2 is 2.17 bits per heavy atom. The minimum Gasteiger partial charge on any atom is -0.396 e. The first-order chi connectivity index (χ1) is 8.60. The SMILES string of the molecule is CCC(CC)(CO)CNc1ncc(C#N)cc1N. The molecule has 0 aromatic carbocycles. The first-order valence-corrected chi connectivity index (χ1v) is 6.11. The fourth-order valence-electron chi connectivity index (χ4n) is 1.74. The van der Waals surface area contributed by atoms with Gasteiger partial charge >= 0.3 is 0 Å². The minimum absolute atomic E-state index is 0.128. The number of nitrogens with two attached hydrogens (primary N) is 1. The van der Waals surface area contributed by atoms with Crippen LogP contribution >= 0.6 is 0 Å². The summed E-state index contributed by atoms with van der Waals surface area (Å²) in [5.41, 5.74) is 6.56. The van der Waals surface area contributed by atoms with E-state index in [1.807, 2.05) is 6.07 Å². The van der Waals surface area contributed by atoms with Crippen molar-refractivity contribution in [3.05, 3.63) is 17.8 Å². The van der Waals surface area contributed by atoms with E-state index in [0.717, 1.165) is 12.8 Å². The number of anilines is 2. The van der Waals surface area contributed by atoms with Gasteiger partial charge in [0, 0.05) is 18.2 Å². The predicted molar refractivity (Wildman–Crippen MR) is 72.0 cm³/mol. The number of nitrogen functional groups attached to an aromatic ring is 1. The Hall–Kier alpha value is -1.80. The number of aromatic nitrogens is 1. The number of nitriles is 1. The average Bonchev–Trinajstić information content (AvgIpc) is 2.42. The van der Waals surface area contributed by atoms with Gasteiger partial charge in [-0.1, -0.05) is 13.8 Å². The number of nitrogens with zero attached hydrogens (tertiary/aromatic N) is 2. The van der Waals surface area contributed by atoms with E-state index in [1.165, 1.54) is 6.20 Å². The first kappa shape index (κ1) is 14.3. The van der Waals surface area contributed by atoms with Crippen LogP contribution in [0.2, 0.25) is 0 Å². The molecular weight excluding hydrogens is 228 g/mol. The highest BCUT2D eigenvalue weighted by atomic mass is 16.3. The normalized spacial score (nSPS) is 11.0. The molecule has 0 saturated heterocycles. The largest absolute Gasteiger partial charge is 0.396 e. The van der Waals surface area contributed by atoms with E-state index >= 15 is 0 Å². The number of hydrogen-bond acceptors (Lipinski definition) is 5. The molecule has 5 nitrogen and oxygen atoms in total. The molecule has 5 heteroatoms. The Kier molecular flexibility index (Phi) is 4.93. The van der Waals surface area contributed by atoms with Crippen LogP contribution in [0.25, 0.3) is 0 Å². The standard InChI is InChI=1S/C13H20N4O/c1-3-13(4-2,9-18)8-17-12-11(15)5-10(6-14)7-16-12/h5,7,18H,3-4,8-9,15H2,1-2H3,(H,16,17). The lowest BCUT2D eigenvalue weighted by molar-refractivity contribution is 0.127. The zero-order valence-electron chi connectivity index (χ0n) is 10.9. The maximum Gasteiger partial charge on any atom is 0.149 e. The highest BCUT2D eigenvalue weighted by Crippen LogP contribution is 2.27. The Morgan fingerprint density at radius 1 is 1.50 bits per heavy atom. The number of hydrogen-bond donors (Lipinski definition) is 3. The van der Waals surface area contributed by atoms with Crippen molar-refractivity contribution in [2.24, 2.45) is 5.41 Å². The van der Waals surface area contributed by atoms with Crippen LogP contribution in [0.4, 0.5) is 11.5 Å². The van der Waals surface area contributed by atoms with Crippen molar-refractivity contribution < 1.29 is 5.11 Å². The second-order valence-electron chi connectivity index (χ2n) is 4.49. The first-order valence-electron chi connectivity index (χ1n) is 6.11. The van der Waals surface area contributed by atoms with Crippen LogP contribution in [0.15, 0.2) is 12.3 Å². The summed E-state index contributed by atoms with van der Waals surface area (Å²) in [5.74, 6) is 0.564. The lowest BCUT2D eigenvalue weighted by atomic mass is 9.83. The highest BCUT2D eigenvalue weighted by Gasteiger charge is 2.25. The summed E-state index contributed by atoms with van der Waals surface area (Å²) >= 11 is 0. The number of pyridine rings is 1. The molecule has 1 heterocycles. The third kappa shape index (κ3) is 3.11. The fourth-order valence-corrected chi connectivity index (χ4v) is 1.74. The molecule has 0 radical (unpaired) electrons. The van der Waals surface area contributed by atoms with Gasteiger partial charge in [-0.05, 0) is 18.9 Å². The van der Waals surface area contributed by atoms with Crippen LogP contribution in [0.3, 0.4) is 0 Å². The van der Waals surface area contributed by atoms with Crippen LogP contribution in [0, 0.1) is 16.7 Å². The number of nitrogens with one attached hydrogen (secondary N) is 1. The molecule has 0 unspecified atom stereocenters. The zero-order chi connectivity index (χ0) is 13.6. The van der Waals surface area contributed by atoms with E-state index in [0.29, 0.717) is 23.6 Å². The molecule has 0 bridgehead atoms. The van der Waals surface area contributed by atoms with Gasteiger partial charge in [-0.3, -0.25) is 0 Å². The molecule has 1 aromatic rings. The number of rotatable bonds is 6. The molecule has 0 aliphatic heterocycles. The van der Waals surface area contributed by atoms with Crippen molar-refractivity contribution in [1.29, 1.82) is 5.26 Å². The lowest BCUT2D eigenvalue weighted by Crippen LogP contribution is -2.32. The lowest BCUT2D eigenvalue weighted by Gasteiger charge is -2.29. The minimum atomic E-state index is -0.151.